The average Bonchev–Trinajstić information content (AvgIpc) is 1.68. The Kier molecular flexibility index (Phi) is 4.52. The van der Waals surface area contributed by atoms with E-state index < -0.39 is 6.17 Å². The number of alkyl halides is 2. The second kappa shape index (κ2) is 4.38. The summed E-state index contributed by atoms with van der Waals surface area (Å²) in [5.41, 5.74) is 0. The van der Waals surface area contributed by atoms with Crippen LogP contribution in [0.15, 0.2) is 0 Å². The zero-order valence-corrected chi connectivity index (χ0v) is 4.92. The average molecular weight is 124 g/mol. The lowest BCUT2D eigenvalue weighted by Gasteiger charge is -1.97. The highest BCUT2D eigenvalue weighted by molar-refractivity contribution is 6.17. The molecule has 0 rings (SSSR count). The van der Waals surface area contributed by atoms with Gasteiger partial charge in [-0.1, -0.05) is 6.92 Å². The van der Waals surface area contributed by atoms with Crippen molar-refractivity contribution < 1.29 is 4.39 Å². The van der Waals surface area contributed by atoms with Gasteiger partial charge in [0.1, 0.15) is 6.17 Å². The van der Waals surface area contributed by atoms with Crippen LogP contribution in [0, 0.1) is 6.92 Å². The Bertz CT molecular complexity index is 39.1. The maximum absolute atomic E-state index is 12.0. The highest BCUT2D eigenvalue weighted by atomic mass is 35.5. The summed E-state index contributed by atoms with van der Waals surface area (Å²) in [6.07, 6.45) is -0.0184. The Morgan fingerprint density at radius 1 is 1.71 bits per heavy atom. The summed E-state index contributed by atoms with van der Waals surface area (Å²) in [6, 6.07) is 0. The maximum atomic E-state index is 12.0. The smallest absolute Gasteiger partial charge is 0.101 e. The molecule has 1 radical (unpaired) electrons. The lowest BCUT2D eigenvalue weighted by molar-refractivity contribution is 0.328. The van der Waals surface area contributed by atoms with E-state index in [0.717, 1.165) is 0 Å². The largest absolute Gasteiger partial charge is 0.247 e. The Hall–Kier alpha value is 0.220. The summed E-state index contributed by atoms with van der Waals surface area (Å²) in [6.45, 7) is 3.37. The molecule has 0 amide bonds. The third-order valence-electron chi connectivity index (χ3n) is 0.736. The second-order valence-electron chi connectivity index (χ2n) is 1.36. The van der Waals surface area contributed by atoms with Crippen molar-refractivity contribution in [2.75, 3.05) is 5.88 Å². The molecule has 0 aliphatic rings. The van der Waals surface area contributed by atoms with Gasteiger partial charge in [-0.25, -0.2) is 4.39 Å². The molecule has 2 heteroatoms. The molecule has 0 aliphatic carbocycles. The van der Waals surface area contributed by atoms with Crippen LogP contribution in [-0.2, 0) is 0 Å². The summed E-state index contributed by atoms with van der Waals surface area (Å²) < 4.78 is 12.0. The predicted molar refractivity (Wildman–Crippen MR) is 30.2 cm³/mol. The van der Waals surface area contributed by atoms with Crippen molar-refractivity contribution >= 4 is 11.6 Å². The molecular formula is C5H9ClF. The van der Waals surface area contributed by atoms with Crippen molar-refractivity contribution in [3.8, 4) is 0 Å². The van der Waals surface area contributed by atoms with Gasteiger partial charge >= 0.3 is 0 Å². The Labute approximate surface area is 48.7 Å². The number of halogens is 2. The minimum Gasteiger partial charge on any atom is -0.247 e. The minimum atomic E-state index is -0.794. The van der Waals surface area contributed by atoms with E-state index in [1.807, 2.05) is 0 Å². The SMILES string of the molecule is [CH2]CC(F)CCCl. The molecule has 0 spiro atoms. The van der Waals surface area contributed by atoms with Gasteiger partial charge < -0.3 is 0 Å². The van der Waals surface area contributed by atoms with Crippen molar-refractivity contribution in [2.45, 2.75) is 19.0 Å². The van der Waals surface area contributed by atoms with Crippen molar-refractivity contribution in [3.05, 3.63) is 6.92 Å². The first kappa shape index (κ1) is 7.22. The van der Waals surface area contributed by atoms with Gasteiger partial charge in [0.2, 0.25) is 0 Å². The van der Waals surface area contributed by atoms with Crippen molar-refractivity contribution in [3.63, 3.8) is 0 Å². The van der Waals surface area contributed by atoms with E-state index in [2.05, 4.69) is 6.92 Å². The molecule has 0 aromatic rings. The highest BCUT2D eigenvalue weighted by Crippen LogP contribution is 2.01. The van der Waals surface area contributed by atoms with Crippen LogP contribution in [0.3, 0.4) is 0 Å². The van der Waals surface area contributed by atoms with E-state index in [9.17, 15) is 4.39 Å². The fourth-order valence-electron chi connectivity index (χ4n) is 0.263. The molecule has 1 atom stereocenters. The van der Waals surface area contributed by atoms with E-state index >= 15 is 0 Å². The van der Waals surface area contributed by atoms with Crippen molar-refractivity contribution in [1.82, 2.24) is 0 Å². The molecule has 0 aliphatic heterocycles. The summed E-state index contributed by atoms with van der Waals surface area (Å²) in [4.78, 5) is 0. The number of hydrogen-bond donors (Lipinski definition) is 0. The lowest BCUT2D eigenvalue weighted by atomic mass is 10.2. The van der Waals surface area contributed by atoms with Gasteiger partial charge in [-0.05, 0) is 12.8 Å². The van der Waals surface area contributed by atoms with Crippen LogP contribution >= 0.6 is 11.6 Å². The van der Waals surface area contributed by atoms with Crippen molar-refractivity contribution in [1.29, 1.82) is 0 Å². The zero-order chi connectivity index (χ0) is 5.70. The van der Waals surface area contributed by atoms with Gasteiger partial charge in [0, 0.05) is 5.88 Å². The molecule has 0 bridgehead atoms. The molecular weight excluding hydrogens is 115 g/mol. The first-order valence-electron chi connectivity index (χ1n) is 2.30. The Morgan fingerprint density at radius 2 is 2.29 bits per heavy atom. The monoisotopic (exact) mass is 123 g/mol. The molecule has 0 fully saturated rings. The molecule has 0 heterocycles. The van der Waals surface area contributed by atoms with Crippen LogP contribution in [0.25, 0.3) is 0 Å². The minimum absolute atomic E-state index is 0.340. The van der Waals surface area contributed by atoms with Gasteiger partial charge in [-0.2, -0.15) is 0 Å². The second-order valence-corrected chi connectivity index (χ2v) is 1.74. The van der Waals surface area contributed by atoms with Crippen LogP contribution in [0.1, 0.15) is 12.8 Å². The number of hydrogen-bond acceptors (Lipinski definition) is 0. The fourth-order valence-corrected chi connectivity index (χ4v) is 0.500. The van der Waals surface area contributed by atoms with Crippen LogP contribution in [0.4, 0.5) is 4.39 Å². The molecule has 0 saturated carbocycles. The van der Waals surface area contributed by atoms with Crippen molar-refractivity contribution in [2.24, 2.45) is 0 Å². The molecule has 0 nitrogen and oxygen atoms in total. The third-order valence-corrected chi connectivity index (χ3v) is 0.954. The van der Waals surface area contributed by atoms with E-state index in [1.165, 1.54) is 0 Å². The molecule has 0 aromatic heterocycles. The molecule has 43 valence electrons. The fraction of sp³-hybridized carbons (Fsp3) is 0.800. The van der Waals surface area contributed by atoms with Crippen LogP contribution in [0.2, 0.25) is 0 Å². The Balaban J connectivity index is 2.83. The standard InChI is InChI=1S/C5H9ClF/c1-2-5(7)3-4-6/h5H,1-4H2. The van der Waals surface area contributed by atoms with Gasteiger partial charge in [-0.3, -0.25) is 0 Å². The third kappa shape index (κ3) is 4.07. The predicted octanol–water partition coefficient (Wildman–Crippen LogP) is 2.18. The normalized spacial score (nSPS) is 14.1. The van der Waals surface area contributed by atoms with Gasteiger partial charge in [0.15, 0.2) is 0 Å². The zero-order valence-electron chi connectivity index (χ0n) is 4.16. The first-order chi connectivity index (χ1) is 3.31. The highest BCUT2D eigenvalue weighted by Gasteiger charge is 1.98. The van der Waals surface area contributed by atoms with E-state index in [0.29, 0.717) is 18.7 Å². The van der Waals surface area contributed by atoms with E-state index in [1.54, 1.807) is 0 Å². The summed E-state index contributed by atoms with van der Waals surface area (Å²) in [7, 11) is 0. The molecule has 0 N–H and O–H groups in total. The van der Waals surface area contributed by atoms with E-state index in [-0.39, 0.29) is 0 Å². The molecule has 0 aromatic carbocycles. The first-order valence-corrected chi connectivity index (χ1v) is 2.84. The van der Waals surface area contributed by atoms with Crippen LogP contribution in [0.5, 0.6) is 0 Å². The van der Waals surface area contributed by atoms with Crippen LogP contribution in [-0.4, -0.2) is 12.1 Å². The van der Waals surface area contributed by atoms with Gasteiger partial charge in [-0.15, -0.1) is 11.6 Å². The lowest BCUT2D eigenvalue weighted by Crippen LogP contribution is -1.96. The summed E-state index contributed by atoms with van der Waals surface area (Å²) in [5, 5.41) is 0. The van der Waals surface area contributed by atoms with Gasteiger partial charge in [0.05, 0.1) is 0 Å². The van der Waals surface area contributed by atoms with Crippen LogP contribution < -0.4 is 0 Å². The molecule has 1 unspecified atom stereocenters. The Morgan fingerprint density at radius 3 is 2.43 bits per heavy atom. The van der Waals surface area contributed by atoms with Gasteiger partial charge in [0.25, 0.3) is 0 Å². The topological polar surface area (TPSA) is 0 Å². The number of rotatable bonds is 3. The van der Waals surface area contributed by atoms with E-state index in [4.69, 9.17) is 11.6 Å². The quantitative estimate of drug-likeness (QED) is 0.505. The molecule has 7 heavy (non-hydrogen) atoms. The molecule has 0 saturated heterocycles. The summed E-state index contributed by atoms with van der Waals surface area (Å²) >= 11 is 5.21. The summed E-state index contributed by atoms with van der Waals surface area (Å²) in [5.74, 6) is 0.399. The maximum Gasteiger partial charge on any atom is 0.101 e.